The Bertz CT molecular complexity index is 869. The van der Waals surface area contributed by atoms with Gasteiger partial charge in [-0.1, -0.05) is 75.7 Å². The molecule has 1 unspecified atom stereocenters. The van der Waals surface area contributed by atoms with Crippen LogP contribution in [0.2, 0.25) is 0 Å². The van der Waals surface area contributed by atoms with Gasteiger partial charge in [0.2, 0.25) is 5.91 Å². The molecule has 31 heavy (non-hydrogen) atoms. The average molecular weight is 425 g/mol. The Labute approximate surface area is 186 Å². The molecule has 1 N–H and O–H groups in total. The molecule has 0 bridgehead atoms. The standard InChI is InChI=1S/C26H36N2O3/c1-7-16-27-25(30)20(3)28(17-21-14-12-19(2)13-15-21)24(29)18-31-23-11-9-8-10-22(23)26(4,5)6/h8-15,20H,7,16-18H2,1-6H3,(H,27,30). The highest BCUT2D eigenvalue weighted by atomic mass is 16.5. The van der Waals surface area contributed by atoms with Gasteiger partial charge >= 0.3 is 0 Å². The third-order valence-corrected chi connectivity index (χ3v) is 5.24. The predicted molar refractivity (Wildman–Crippen MR) is 125 cm³/mol. The highest BCUT2D eigenvalue weighted by molar-refractivity contribution is 5.88. The molecule has 2 aromatic carbocycles. The Morgan fingerprint density at radius 3 is 2.32 bits per heavy atom. The molecule has 0 spiro atoms. The maximum absolute atomic E-state index is 13.2. The van der Waals surface area contributed by atoms with Gasteiger partial charge in [-0.2, -0.15) is 0 Å². The minimum absolute atomic E-state index is 0.103. The molecule has 0 fully saturated rings. The molecule has 5 nitrogen and oxygen atoms in total. The van der Waals surface area contributed by atoms with E-state index in [1.54, 1.807) is 11.8 Å². The van der Waals surface area contributed by atoms with Gasteiger partial charge in [0.25, 0.3) is 5.91 Å². The zero-order valence-electron chi connectivity index (χ0n) is 19.7. The van der Waals surface area contributed by atoms with E-state index in [-0.39, 0.29) is 23.8 Å². The Morgan fingerprint density at radius 2 is 1.71 bits per heavy atom. The summed E-state index contributed by atoms with van der Waals surface area (Å²) >= 11 is 0. The highest BCUT2D eigenvalue weighted by Gasteiger charge is 2.27. The molecular weight excluding hydrogens is 388 g/mol. The highest BCUT2D eigenvalue weighted by Crippen LogP contribution is 2.31. The summed E-state index contributed by atoms with van der Waals surface area (Å²) in [6.07, 6.45) is 0.844. The minimum Gasteiger partial charge on any atom is -0.483 e. The van der Waals surface area contributed by atoms with Crippen molar-refractivity contribution >= 4 is 11.8 Å². The molecule has 2 aromatic rings. The number of hydrogen-bond acceptors (Lipinski definition) is 3. The minimum atomic E-state index is -0.596. The molecule has 2 rings (SSSR count). The number of aryl methyl sites for hydroxylation is 1. The molecule has 1 atom stereocenters. The third-order valence-electron chi connectivity index (χ3n) is 5.24. The van der Waals surface area contributed by atoms with Crippen molar-refractivity contribution in [2.45, 2.75) is 66.0 Å². The maximum Gasteiger partial charge on any atom is 0.261 e. The second-order valence-electron chi connectivity index (χ2n) is 9.01. The molecule has 0 aliphatic heterocycles. The fraction of sp³-hybridized carbons (Fsp3) is 0.462. The first kappa shape index (κ1) is 24.4. The SMILES string of the molecule is CCCNC(=O)C(C)N(Cc1ccc(C)cc1)C(=O)COc1ccccc1C(C)(C)C. The lowest BCUT2D eigenvalue weighted by Gasteiger charge is -2.29. The molecule has 0 radical (unpaired) electrons. The summed E-state index contributed by atoms with van der Waals surface area (Å²) in [5, 5.41) is 2.89. The Morgan fingerprint density at radius 1 is 1.06 bits per heavy atom. The zero-order valence-corrected chi connectivity index (χ0v) is 19.7. The number of carbonyl (C=O) groups is 2. The van der Waals surface area contributed by atoms with Crippen LogP contribution in [0.25, 0.3) is 0 Å². The Balaban J connectivity index is 2.19. The van der Waals surface area contributed by atoms with Gasteiger partial charge in [-0.05, 0) is 42.9 Å². The van der Waals surface area contributed by atoms with Gasteiger partial charge in [0.1, 0.15) is 11.8 Å². The lowest BCUT2D eigenvalue weighted by Crippen LogP contribution is -2.49. The summed E-state index contributed by atoms with van der Waals surface area (Å²) < 4.78 is 5.95. The smallest absolute Gasteiger partial charge is 0.261 e. The van der Waals surface area contributed by atoms with Crippen molar-refractivity contribution in [2.75, 3.05) is 13.2 Å². The lowest BCUT2D eigenvalue weighted by atomic mass is 9.86. The van der Waals surface area contributed by atoms with E-state index in [2.05, 4.69) is 26.1 Å². The molecule has 0 heterocycles. The van der Waals surface area contributed by atoms with Crippen LogP contribution in [0.1, 0.15) is 57.7 Å². The zero-order chi connectivity index (χ0) is 23.0. The summed E-state index contributed by atoms with van der Waals surface area (Å²) in [7, 11) is 0. The van der Waals surface area contributed by atoms with Gasteiger partial charge in [0.05, 0.1) is 0 Å². The normalized spacial score (nSPS) is 12.2. The van der Waals surface area contributed by atoms with Crippen molar-refractivity contribution in [3.05, 3.63) is 65.2 Å². The van der Waals surface area contributed by atoms with Crippen molar-refractivity contribution in [3.63, 3.8) is 0 Å². The summed E-state index contributed by atoms with van der Waals surface area (Å²) in [5.41, 5.74) is 3.07. The first-order valence-electron chi connectivity index (χ1n) is 11.0. The van der Waals surface area contributed by atoms with Crippen LogP contribution in [0, 0.1) is 6.92 Å². The fourth-order valence-corrected chi connectivity index (χ4v) is 3.30. The maximum atomic E-state index is 13.2. The second kappa shape index (κ2) is 11.0. The van der Waals surface area contributed by atoms with Crippen molar-refractivity contribution in [3.8, 4) is 5.75 Å². The van der Waals surface area contributed by atoms with Crippen molar-refractivity contribution in [2.24, 2.45) is 0 Å². The summed E-state index contributed by atoms with van der Waals surface area (Å²) in [4.78, 5) is 27.4. The average Bonchev–Trinajstić information content (AvgIpc) is 2.74. The van der Waals surface area contributed by atoms with E-state index < -0.39 is 6.04 Å². The van der Waals surface area contributed by atoms with E-state index >= 15 is 0 Å². The number of nitrogens with one attached hydrogen (secondary N) is 1. The number of benzene rings is 2. The van der Waals surface area contributed by atoms with E-state index in [4.69, 9.17) is 4.74 Å². The number of nitrogens with zero attached hydrogens (tertiary/aromatic N) is 1. The van der Waals surface area contributed by atoms with Gasteiger partial charge in [-0.3, -0.25) is 9.59 Å². The van der Waals surface area contributed by atoms with E-state index in [1.165, 1.54) is 0 Å². The van der Waals surface area contributed by atoms with Gasteiger partial charge in [-0.15, -0.1) is 0 Å². The van der Waals surface area contributed by atoms with E-state index in [0.717, 1.165) is 23.1 Å². The van der Waals surface area contributed by atoms with Gasteiger partial charge in [0.15, 0.2) is 6.61 Å². The van der Waals surface area contributed by atoms with Gasteiger partial charge < -0.3 is 15.0 Å². The number of amides is 2. The first-order chi connectivity index (χ1) is 14.6. The number of ether oxygens (including phenoxy) is 1. The van der Waals surface area contributed by atoms with E-state index in [9.17, 15) is 9.59 Å². The molecule has 2 amide bonds. The molecule has 0 aliphatic carbocycles. The lowest BCUT2D eigenvalue weighted by molar-refractivity contribution is -0.142. The number of hydrogen-bond donors (Lipinski definition) is 1. The largest absolute Gasteiger partial charge is 0.483 e. The van der Waals surface area contributed by atoms with Crippen molar-refractivity contribution in [1.29, 1.82) is 0 Å². The monoisotopic (exact) mass is 424 g/mol. The molecule has 168 valence electrons. The summed E-state index contributed by atoms with van der Waals surface area (Å²) in [6.45, 7) is 12.9. The van der Waals surface area contributed by atoms with Crippen LogP contribution < -0.4 is 10.1 Å². The quantitative estimate of drug-likeness (QED) is 0.639. The summed E-state index contributed by atoms with van der Waals surface area (Å²) in [6, 6.07) is 15.2. The Hall–Kier alpha value is -2.82. The molecular formula is C26H36N2O3. The van der Waals surface area contributed by atoms with Crippen LogP contribution in [-0.2, 0) is 21.5 Å². The van der Waals surface area contributed by atoms with Crippen LogP contribution in [0.3, 0.4) is 0 Å². The van der Waals surface area contributed by atoms with Crippen molar-refractivity contribution in [1.82, 2.24) is 10.2 Å². The molecule has 0 saturated carbocycles. The third kappa shape index (κ3) is 7.12. The molecule has 0 aliphatic rings. The van der Waals surface area contributed by atoms with Gasteiger partial charge in [-0.25, -0.2) is 0 Å². The molecule has 5 heteroatoms. The Kier molecular flexibility index (Phi) is 8.66. The summed E-state index contributed by atoms with van der Waals surface area (Å²) in [5.74, 6) is 0.322. The second-order valence-corrected chi connectivity index (χ2v) is 9.01. The molecule has 0 aromatic heterocycles. The van der Waals surface area contributed by atoms with Crippen LogP contribution in [-0.4, -0.2) is 35.9 Å². The van der Waals surface area contributed by atoms with E-state index in [1.807, 2.05) is 62.4 Å². The number of rotatable bonds is 9. The van der Waals surface area contributed by atoms with Crippen LogP contribution in [0.5, 0.6) is 5.75 Å². The van der Waals surface area contributed by atoms with Crippen LogP contribution >= 0.6 is 0 Å². The van der Waals surface area contributed by atoms with Crippen LogP contribution in [0.15, 0.2) is 48.5 Å². The van der Waals surface area contributed by atoms with Crippen molar-refractivity contribution < 1.29 is 14.3 Å². The first-order valence-corrected chi connectivity index (χ1v) is 11.0. The van der Waals surface area contributed by atoms with Gasteiger partial charge in [0, 0.05) is 13.1 Å². The number of para-hydroxylation sites is 1. The van der Waals surface area contributed by atoms with Crippen LogP contribution in [0.4, 0.5) is 0 Å². The fourth-order valence-electron chi connectivity index (χ4n) is 3.30. The number of carbonyl (C=O) groups excluding carboxylic acids is 2. The predicted octanol–water partition coefficient (Wildman–Crippen LogP) is 4.61. The topological polar surface area (TPSA) is 58.6 Å². The van der Waals surface area contributed by atoms with E-state index in [0.29, 0.717) is 18.8 Å². The molecule has 0 saturated heterocycles.